The van der Waals surface area contributed by atoms with Crippen molar-refractivity contribution in [1.29, 1.82) is 0 Å². The Balaban J connectivity index is 2.46. The first kappa shape index (κ1) is 16.6. The topological polar surface area (TPSA) is 65.2 Å². The number of pyridine rings is 1. The lowest BCUT2D eigenvalue weighted by Gasteiger charge is -2.31. The third kappa shape index (κ3) is 3.54. The maximum absolute atomic E-state index is 13.4. The number of hydrogen-bond donors (Lipinski definition) is 1. The lowest BCUT2D eigenvalue weighted by molar-refractivity contribution is -0.0384. The number of nitrogens with two attached hydrogens (primary N) is 1. The molecule has 1 aliphatic rings. The van der Waals surface area contributed by atoms with Crippen molar-refractivity contribution in [3.8, 4) is 5.75 Å². The summed E-state index contributed by atoms with van der Waals surface area (Å²) in [5, 5.41) is 0. The molecule has 0 aliphatic heterocycles. The number of primary amides is 1. The van der Waals surface area contributed by atoms with Crippen LogP contribution >= 0.6 is 0 Å². The van der Waals surface area contributed by atoms with Crippen LogP contribution in [0.4, 0.5) is 8.78 Å². The summed E-state index contributed by atoms with van der Waals surface area (Å²) in [5.41, 5.74) is 6.96. The highest BCUT2D eigenvalue weighted by molar-refractivity contribution is 5.96. The summed E-state index contributed by atoms with van der Waals surface area (Å²) < 4.78 is 32.6. The SMILES string of the molecule is Cc1ncc(OC(C)C)c(C2CCC(F)(F)CC2)c1C(N)=O. The molecule has 0 saturated heterocycles. The van der Waals surface area contributed by atoms with Crippen molar-refractivity contribution in [3.63, 3.8) is 0 Å². The molecule has 0 atom stereocenters. The van der Waals surface area contributed by atoms with Gasteiger partial charge in [0, 0.05) is 18.4 Å². The van der Waals surface area contributed by atoms with E-state index in [1.807, 2.05) is 13.8 Å². The predicted molar refractivity (Wildman–Crippen MR) is 79.4 cm³/mol. The molecule has 0 radical (unpaired) electrons. The molecule has 122 valence electrons. The van der Waals surface area contributed by atoms with Gasteiger partial charge in [-0.2, -0.15) is 0 Å². The third-order valence-corrected chi connectivity index (χ3v) is 4.01. The van der Waals surface area contributed by atoms with Crippen LogP contribution in [0.3, 0.4) is 0 Å². The number of aromatic nitrogens is 1. The van der Waals surface area contributed by atoms with Gasteiger partial charge in [-0.3, -0.25) is 9.78 Å². The average Bonchev–Trinajstić information content (AvgIpc) is 2.40. The number of carbonyl (C=O) groups excluding carboxylic acids is 1. The number of rotatable bonds is 4. The summed E-state index contributed by atoms with van der Waals surface area (Å²) in [4.78, 5) is 16.0. The maximum Gasteiger partial charge on any atom is 0.250 e. The second-order valence-corrected chi connectivity index (χ2v) is 6.16. The van der Waals surface area contributed by atoms with Crippen molar-refractivity contribution in [2.24, 2.45) is 5.73 Å². The van der Waals surface area contributed by atoms with E-state index in [4.69, 9.17) is 10.5 Å². The van der Waals surface area contributed by atoms with Crippen molar-refractivity contribution in [2.45, 2.75) is 64.4 Å². The van der Waals surface area contributed by atoms with E-state index in [1.54, 1.807) is 13.1 Å². The van der Waals surface area contributed by atoms with Crippen LogP contribution in [-0.4, -0.2) is 22.9 Å². The zero-order valence-electron chi connectivity index (χ0n) is 13.2. The lowest BCUT2D eigenvalue weighted by Crippen LogP contribution is -2.27. The van der Waals surface area contributed by atoms with E-state index < -0.39 is 11.8 Å². The van der Waals surface area contributed by atoms with Crippen LogP contribution in [0.15, 0.2) is 6.20 Å². The first-order valence-electron chi connectivity index (χ1n) is 7.55. The molecular formula is C16H22F2N2O2. The van der Waals surface area contributed by atoms with Crippen LogP contribution < -0.4 is 10.5 Å². The van der Waals surface area contributed by atoms with Gasteiger partial charge in [0.1, 0.15) is 5.75 Å². The van der Waals surface area contributed by atoms with Crippen molar-refractivity contribution < 1.29 is 18.3 Å². The summed E-state index contributed by atoms with van der Waals surface area (Å²) in [6.07, 6.45) is 1.71. The highest BCUT2D eigenvalue weighted by Gasteiger charge is 2.38. The Morgan fingerprint density at radius 3 is 2.50 bits per heavy atom. The van der Waals surface area contributed by atoms with Crippen LogP contribution in [0.2, 0.25) is 0 Å². The second-order valence-electron chi connectivity index (χ2n) is 6.16. The number of aryl methyl sites for hydroxylation is 1. The van der Waals surface area contributed by atoms with Gasteiger partial charge < -0.3 is 10.5 Å². The predicted octanol–water partition coefficient (Wildman–Crippen LogP) is 3.57. The smallest absolute Gasteiger partial charge is 0.250 e. The first-order chi connectivity index (χ1) is 10.2. The fourth-order valence-electron chi connectivity index (χ4n) is 3.00. The minimum Gasteiger partial charge on any atom is -0.489 e. The maximum atomic E-state index is 13.4. The molecule has 22 heavy (non-hydrogen) atoms. The van der Waals surface area contributed by atoms with Gasteiger partial charge in [0.2, 0.25) is 5.92 Å². The minimum atomic E-state index is -2.62. The van der Waals surface area contributed by atoms with Gasteiger partial charge in [0.15, 0.2) is 0 Å². The summed E-state index contributed by atoms with van der Waals surface area (Å²) in [6, 6.07) is 0. The number of halogens is 2. The zero-order valence-corrected chi connectivity index (χ0v) is 13.2. The van der Waals surface area contributed by atoms with Gasteiger partial charge in [0.05, 0.1) is 23.6 Å². The standard InChI is InChI=1S/C16H22F2N2O2/c1-9(2)22-12-8-20-10(3)13(15(19)21)14(12)11-4-6-16(17,18)7-5-11/h8-9,11H,4-7H2,1-3H3,(H2,19,21). The van der Waals surface area contributed by atoms with Crippen LogP contribution in [-0.2, 0) is 0 Å². The normalized spacial score (nSPS) is 18.5. The molecule has 1 aliphatic carbocycles. The molecule has 1 aromatic heterocycles. The van der Waals surface area contributed by atoms with E-state index >= 15 is 0 Å². The largest absolute Gasteiger partial charge is 0.489 e. The molecule has 6 heteroatoms. The molecule has 1 amide bonds. The van der Waals surface area contributed by atoms with Gasteiger partial charge in [-0.1, -0.05) is 0 Å². The summed E-state index contributed by atoms with van der Waals surface area (Å²) in [6.45, 7) is 5.42. The van der Waals surface area contributed by atoms with E-state index in [9.17, 15) is 13.6 Å². The van der Waals surface area contributed by atoms with Crippen molar-refractivity contribution in [3.05, 3.63) is 23.0 Å². The highest BCUT2D eigenvalue weighted by atomic mass is 19.3. The molecule has 1 aromatic rings. The average molecular weight is 312 g/mol. The number of carbonyl (C=O) groups is 1. The first-order valence-corrected chi connectivity index (χ1v) is 7.55. The Morgan fingerprint density at radius 1 is 1.41 bits per heavy atom. The van der Waals surface area contributed by atoms with Gasteiger partial charge in [-0.15, -0.1) is 0 Å². The fraction of sp³-hybridized carbons (Fsp3) is 0.625. The molecule has 1 fully saturated rings. The Bertz CT molecular complexity index is 564. The van der Waals surface area contributed by atoms with E-state index in [2.05, 4.69) is 4.98 Å². The summed E-state index contributed by atoms with van der Waals surface area (Å²) in [7, 11) is 0. The molecule has 1 saturated carbocycles. The van der Waals surface area contributed by atoms with Crippen LogP contribution in [0.25, 0.3) is 0 Å². The van der Waals surface area contributed by atoms with E-state index in [1.165, 1.54) is 0 Å². The Labute approximate surface area is 129 Å². The van der Waals surface area contributed by atoms with Crippen molar-refractivity contribution in [2.75, 3.05) is 0 Å². The number of alkyl halides is 2. The minimum absolute atomic E-state index is 0.103. The van der Waals surface area contributed by atoms with E-state index in [-0.39, 0.29) is 24.9 Å². The second kappa shape index (κ2) is 6.18. The Morgan fingerprint density at radius 2 is 2.00 bits per heavy atom. The van der Waals surface area contributed by atoms with Crippen molar-refractivity contribution in [1.82, 2.24) is 4.98 Å². The lowest BCUT2D eigenvalue weighted by atomic mass is 9.80. The van der Waals surface area contributed by atoms with Gasteiger partial charge in [-0.05, 0) is 39.5 Å². The quantitative estimate of drug-likeness (QED) is 0.924. The molecule has 2 rings (SSSR count). The van der Waals surface area contributed by atoms with Crippen LogP contribution in [0, 0.1) is 6.92 Å². The molecular weight excluding hydrogens is 290 g/mol. The molecule has 0 bridgehead atoms. The Kier molecular flexibility index (Phi) is 4.68. The molecule has 0 unspecified atom stereocenters. The molecule has 0 aromatic carbocycles. The molecule has 0 spiro atoms. The molecule has 1 heterocycles. The number of hydrogen-bond acceptors (Lipinski definition) is 3. The summed E-state index contributed by atoms with van der Waals surface area (Å²) in [5.74, 6) is -2.89. The van der Waals surface area contributed by atoms with Crippen LogP contribution in [0.5, 0.6) is 5.75 Å². The van der Waals surface area contributed by atoms with Crippen molar-refractivity contribution >= 4 is 5.91 Å². The van der Waals surface area contributed by atoms with E-state index in [0.717, 1.165) is 0 Å². The summed E-state index contributed by atoms with van der Waals surface area (Å²) >= 11 is 0. The highest BCUT2D eigenvalue weighted by Crippen LogP contribution is 2.44. The number of amides is 1. The number of ether oxygens (including phenoxy) is 1. The zero-order chi connectivity index (χ0) is 16.5. The molecule has 2 N–H and O–H groups in total. The van der Waals surface area contributed by atoms with Gasteiger partial charge in [0.25, 0.3) is 5.91 Å². The Hall–Kier alpha value is -1.72. The third-order valence-electron chi connectivity index (χ3n) is 4.01. The number of nitrogens with zero attached hydrogens (tertiary/aromatic N) is 1. The van der Waals surface area contributed by atoms with E-state index in [0.29, 0.717) is 35.4 Å². The van der Waals surface area contributed by atoms with Gasteiger partial charge in [-0.25, -0.2) is 8.78 Å². The molecule has 4 nitrogen and oxygen atoms in total. The van der Waals surface area contributed by atoms with Crippen LogP contribution in [0.1, 0.15) is 67.1 Å². The fourth-order valence-corrected chi connectivity index (χ4v) is 3.00. The monoisotopic (exact) mass is 312 g/mol. The van der Waals surface area contributed by atoms with Gasteiger partial charge >= 0.3 is 0 Å².